The van der Waals surface area contributed by atoms with Gasteiger partial charge in [0.2, 0.25) is 5.95 Å². The monoisotopic (exact) mass is 234 g/mol. The Bertz CT molecular complexity index is 481. The molecule has 2 aromatic heterocycles. The van der Waals surface area contributed by atoms with Gasteiger partial charge in [-0.2, -0.15) is 0 Å². The maximum absolute atomic E-state index is 5.17. The quantitative estimate of drug-likeness (QED) is 0.883. The van der Waals surface area contributed by atoms with Crippen molar-refractivity contribution in [3.05, 3.63) is 29.4 Å². The zero-order valence-electron chi connectivity index (χ0n) is 10.7. The van der Waals surface area contributed by atoms with Crippen LogP contribution in [-0.2, 0) is 6.54 Å². The lowest BCUT2D eigenvalue weighted by molar-refractivity contribution is 0.392. The van der Waals surface area contributed by atoms with Gasteiger partial charge >= 0.3 is 0 Å². The lowest BCUT2D eigenvalue weighted by Crippen LogP contribution is -2.12. The summed E-state index contributed by atoms with van der Waals surface area (Å²) in [5.74, 6) is 1.73. The minimum absolute atomic E-state index is 0.133. The van der Waals surface area contributed by atoms with Gasteiger partial charge in [-0.15, -0.1) is 0 Å². The SMILES string of the molecule is CCn1ccnc1NC(C)c1c(C)noc1C. The van der Waals surface area contributed by atoms with Gasteiger partial charge in [-0.05, 0) is 27.7 Å². The maximum Gasteiger partial charge on any atom is 0.203 e. The number of aromatic nitrogens is 3. The van der Waals surface area contributed by atoms with Gasteiger partial charge in [-0.3, -0.25) is 0 Å². The second-order valence-electron chi connectivity index (χ2n) is 4.14. The Morgan fingerprint density at radius 3 is 2.82 bits per heavy atom. The highest BCUT2D eigenvalue weighted by atomic mass is 16.5. The van der Waals surface area contributed by atoms with Gasteiger partial charge < -0.3 is 14.4 Å². The summed E-state index contributed by atoms with van der Waals surface area (Å²) < 4.78 is 7.24. The van der Waals surface area contributed by atoms with Crippen LogP contribution in [0.15, 0.2) is 16.9 Å². The molecule has 0 fully saturated rings. The average Bonchev–Trinajstić information content (AvgIpc) is 2.85. The van der Waals surface area contributed by atoms with Crippen LogP contribution in [0.2, 0.25) is 0 Å². The van der Waals surface area contributed by atoms with Crippen LogP contribution in [-0.4, -0.2) is 14.7 Å². The van der Waals surface area contributed by atoms with Crippen molar-refractivity contribution in [3.8, 4) is 0 Å². The molecule has 2 rings (SSSR count). The van der Waals surface area contributed by atoms with Crippen LogP contribution in [0.3, 0.4) is 0 Å². The van der Waals surface area contributed by atoms with Crippen molar-refractivity contribution in [1.29, 1.82) is 0 Å². The molecule has 0 radical (unpaired) electrons. The molecular weight excluding hydrogens is 216 g/mol. The van der Waals surface area contributed by atoms with Crippen LogP contribution in [0.5, 0.6) is 0 Å². The smallest absolute Gasteiger partial charge is 0.203 e. The van der Waals surface area contributed by atoms with Crippen LogP contribution in [0, 0.1) is 13.8 Å². The number of hydrogen-bond acceptors (Lipinski definition) is 4. The predicted molar refractivity (Wildman–Crippen MR) is 65.9 cm³/mol. The van der Waals surface area contributed by atoms with Crippen LogP contribution >= 0.6 is 0 Å². The normalized spacial score (nSPS) is 12.7. The second-order valence-corrected chi connectivity index (χ2v) is 4.14. The van der Waals surface area contributed by atoms with Gasteiger partial charge in [-0.1, -0.05) is 5.16 Å². The minimum Gasteiger partial charge on any atom is -0.361 e. The molecule has 0 spiro atoms. The van der Waals surface area contributed by atoms with E-state index < -0.39 is 0 Å². The lowest BCUT2D eigenvalue weighted by atomic mass is 10.1. The molecule has 5 heteroatoms. The van der Waals surface area contributed by atoms with E-state index in [9.17, 15) is 0 Å². The van der Waals surface area contributed by atoms with E-state index in [0.717, 1.165) is 29.5 Å². The first-order valence-corrected chi connectivity index (χ1v) is 5.84. The van der Waals surface area contributed by atoms with E-state index in [2.05, 4.69) is 33.9 Å². The molecule has 2 aromatic rings. The Balaban J connectivity index is 2.20. The Morgan fingerprint density at radius 2 is 2.24 bits per heavy atom. The Morgan fingerprint density at radius 1 is 1.47 bits per heavy atom. The van der Waals surface area contributed by atoms with Crippen molar-refractivity contribution in [2.75, 3.05) is 5.32 Å². The summed E-state index contributed by atoms with van der Waals surface area (Å²) >= 11 is 0. The van der Waals surface area contributed by atoms with Crippen molar-refractivity contribution in [2.45, 2.75) is 40.3 Å². The Hall–Kier alpha value is -1.78. The van der Waals surface area contributed by atoms with Crippen LogP contribution in [0.1, 0.15) is 36.9 Å². The summed E-state index contributed by atoms with van der Waals surface area (Å²) in [6.45, 7) is 8.96. The van der Waals surface area contributed by atoms with Gasteiger partial charge in [0.1, 0.15) is 5.76 Å². The van der Waals surface area contributed by atoms with E-state index in [1.165, 1.54) is 0 Å². The molecule has 0 aromatic carbocycles. The first-order valence-electron chi connectivity index (χ1n) is 5.84. The van der Waals surface area contributed by atoms with Crippen molar-refractivity contribution in [1.82, 2.24) is 14.7 Å². The third-order valence-electron chi connectivity index (χ3n) is 2.92. The number of nitrogens with zero attached hydrogens (tertiary/aromatic N) is 3. The first-order chi connectivity index (χ1) is 8.13. The number of nitrogens with one attached hydrogen (secondary N) is 1. The molecule has 17 heavy (non-hydrogen) atoms. The summed E-state index contributed by atoms with van der Waals surface area (Å²) in [6, 6.07) is 0.133. The third-order valence-corrected chi connectivity index (χ3v) is 2.92. The molecule has 0 aliphatic carbocycles. The van der Waals surface area contributed by atoms with Crippen molar-refractivity contribution in [3.63, 3.8) is 0 Å². The van der Waals surface area contributed by atoms with Gasteiger partial charge in [0.05, 0.1) is 11.7 Å². The first kappa shape index (κ1) is 11.7. The molecule has 1 N–H and O–H groups in total. The van der Waals surface area contributed by atoms with Gasteiger partial charge in [0.25, 0.3) is 0 Å². The van der Waals surface area contributed by atoms with E-state index in [1.807, 2.05) is 20.0 Å². The standard InChI is InChI=1S/C12H18N4O/c1-5-16-7-6-13-12(16)14-8(2)11-9(3)15-17-10(11)4/h6-8H,5H2,1-4H3,(H,13,14). The van der Waals surface area contributed by atoms with Crippen LogP contribution in [0.25, 0.3) is 0 Å². The molecular formula is C12H18N4O. The molecule has 5 nitrogen and oxygen atoms in total. The fraction of sp³-hybridized carbons (Fsp3) is 0.500. The molecule has 2 heterocycles. The molecule has 1 unspecified atom stereocenters. The Labute approximate surface area is 101 Å². The van der Waals surface area contributed by atoms with Crippen LogP contribution < -0.4 is 5.32 Å². The van der Waals surface area contributed by atoms with Gasteiger partial charge in [0, 0.05) is 24.5 Å². The average molecular weight is 234 g/mol. The highest BCUT2D eigenvalue weighted by Crippen LogP contribution is 2.24. The van der Waals surface area contributed by atoms with Gasteiger partial charge in [-0.25, -0.2) is 4.98 Å². The Kier molecular flexibility index (Phi) is 3.17. The predicted octanol–water partition coefficient (Wildman–Crippen LogP) is 2.68. The number of anilines is 1. The maximum atomic E-state index is 5.17. The molecule has 1 atom stereocenters. The highest BCUT2D eigenvalue weighted by Gasteiger charge is 2.17. The van der Waals surface area contributed by atoms with Crippen molar-refractivity contribution in [2.24, 2.45) is 0 Å². The number of imidazole rings is 1. The van der Waals surface area contributed by atoms with Crippen LogP contribution in [0.4, 0.5) is 5.95 Å². The number of rotatable bonds is 4. The summed E-state index contributed by atoms with van der Waals surface area (Å²) in [5, 5.41) is 7.34. The molecule has 0 saturated carbocycles. The topological polar surface area (TPSA) is 55.9 Å². The highest BCUT2D eigenvalue weighted by molar-refractivity contribution is 5.35. The molecule has 0 aliphatic rings. The molecule has 0 saturated heterocycles. The molecule has 0 bridgehead atoms. The third kappa shape index (κ3) is 2.18. The second kappa shape index (κ2) is 4.61. The molecule has 0 amide bonds. The largest absolute Gasteiger partial charge is 0.361 e. The lowest BCUT2D eigenvalue weighted by Gasteiger charge is -2.15. The fourth-order valence-corrected chi connectivity index (χ4v) is 2.08. The van der Waals surface area contributed by atoms with Gasteiger partial charge in [0.15, 0.2) is 0 Å². The summed E-state index contributed by atoms with van der Waals surface area (Å²) in [7, 11) is 0. The number of hydrogen-bond donors (Lipinski definition) is 1. The van der Waals surface area contributed by atoms with E-state index in [0.29, 0.717) is 0 Å². The molecule has 92 valence electrons. The summed E-state index contributed by atoms with van der Waals surface area (Å²) in [4.78, 5) is 4.30. The zero-order chi connectivity index (χ0) is 12.4. The minimum atomic E-state index is 0.133. The van der Waals surface area contributed by atoms with Crippen molar-refractivity contribution >= 4 is 5.95 Å². The summed E-state index contributed by atoms with van der Waals surface area (Å²) in [6.07, 6.45) is 3.76. The fourth-order valence-electron chi connectivity index (χ4n) is 2.08. The number of aryl methyl sites for hydroxylation is 3. The molecule has 0 aliphatic heterocycles. The van der Waals surface area contributed by atoms with E-state index in [1.54, 1.807) is 6.20 Å². The van der Waals surface area contributed by atoms with E-state index in [4.69, 9.17) is 4.52 Å². The van der Waals surface area contributed by atoms with Crippen molar-refractivity contribution < 1.29 is 4.52 Å². The van der Waals surface area contributed by atoms with E-state index >= 15 is 0 Å². The summed E-state index contributed by atoms with van der Waals surface area (Å²) in [5.41, 5.74) is 2.03. The van der Waals surface area contributed by atoms with E-state index in [-0.39, 0.29) is 6.04 Å². The zero-order valence-corrected chi connectivity index (χ0v) is 10.7.